The smallest absolute Gasteiger partial charge is 0.149 e. The van der Waals surface area contributed by atoms with Crippen LogP contribution in [0.4, 0.5) is 0 Å². The molecule has 1 saturated carbocycles. The van der Waals surface area contributed by atoms with Crippen LogP contribution < -0.4 is 5.32 Å². The van der Waals surface area contributed by atoms with Gasteiger partial charge in [-0.3, -0.25) is 9.69 Å². The first-order valence-corrected chi connectivity index (χ1v) is 7.82. The van der Waals surface area contributed by atoms with Crippen LogP contribution in [0.25, 0.3) is 0 Å². The zero-order valence-electron chi connectivity index (χ0n) is 12.6. The Labute approximate surface area is 121 Å². The molecule has 3 N–H and O–H groups in total. The molecule has 0 aromatic carbocycles. The maximum Gasteiger partial charge on any atom is 0.149 e. The Balaban J connectivity index is 1.78. The SMILES string of the molecule is CNCC(=O)C1CCC(CN2[C@H](O)C(C)C[C@@H]2O)CC1. The standard InChI is InChI=1S/C15H28N2O3/c1-10-7-14(19)17(15(10)20)9-11-3-5-12(6-4-11)13(18)8-16-2/h10-12,14-16,19-20H,3-9H2,1-2H3/t10?,11?,12?,14-,15+/m0/s1. The quantitative estimate of drug-likeness (QED) is 0.688. The number of carbonyl (C=O) groups excluding carboxylic acids is 1. The number of hydrogen-bond donors (Lipinski definition) is 3. The Kier molecular flexibility index (Phi) is 5.55. The van der Waals surface area contributed by atoms with Gasteiger partial charge in [0, 0.05) is 12.5 Å². The lowest BCUT2D eigenvalue weighted by Crippen LogP contribution is -2.41. The first kappa shape index (κ1) is 15.9. The van der Waals surface area contributed by atoms with Gasteiger partial charge in [-0.1, -0.05) is 6.92 Å². The van der Waals surface area contributed by atoms with E-state index in [0.29, 0.717) is 24.7 Å². The molecular formula is C15H28N2O3. The number of hydrogen-bond acceptors (Lipinski definition) is 5. The summed E-state index contributed by atoms with van der Waals surface area (Å²) < 4.78 is 0. The molecule has 2 aliphatic rings. The zero-order chi connectivity index (χ0) is 14.7. The molecule has 1 heterocycles. The number of aliphatic hydroxyl groups excluding tert-OH is 2. The van der Waals surface area contributed by atoms with Crippen LogP contribution >= 0.6 is 0 Å². The highest BCUT2D eigenvalue weighted by Gasteiger charge is 2.38. The van der Waals surface area contributed by atoms with Crippen LogP contribution in [0.15, 0.2) is 0 Å². The van der Waals surface area contributed by atoms with E-state index in [4.69, 9.17) is 0 Å². The van der Waals surface area contributed by atoms with Crippen molar-refractivity contribution in [3.8, 4) is 0 Å². The lowest BCUT2D eigenvalue weighted by molar-refractivity contribution is -0.123. The fourth-order valence-electron chi connectivity index (χ4n) is 3.61. The molecule has 1 saturated heterocycles. The summed E-state index contributed by atoms with van der Waals surface area (Å²) in [5.74, 6) is 1.15. The molecule has 0 spiro atoms. The third-order valence-electron chi connectivity index (χ3n) is 4.94. The average Bonchev–Trinajstić information content (AvgIpc) is 2.66. The van der Waals surface area contributed by atoms with Crippen molar-refractivity contribution in [2.75, 3.05) is 20.1 Å². The highest BCUT2D eigenvalue weighted by Crippen LogP contribution is 2.33. The minimum Gasteiger partial charge on any atom is -0.378 e. The molecule has 1 aliphatic carbocycles. The van der Waals surface area contributed by atoms with Crippen LogP contribution in [0, 0.1) is 17.8 Å². The van der Waals surface area contributed by atoms with Crippen molar-refractivity contribution in [1.29, 1.82) is 0 Å². The summed E-state index contributed by atoms with van der Waals surface area (Å²) in [6.07, 6.45) is 3.55. The highest BCUT2D eigenvalue weighted by molar-refractivity contribution is 5.82. The summed E-state index contributed by atoms with van der Waals surface area (Å²) in [6.45, 7) is 3.19. The molecule has 5 heteroatoms. The molecule has 2 fully saturated rings. The van der Waals surface area contributed by atoms with Gasteiger partial charge in [-0.15, -0.1) is 0 Å². The first-order valence-electron chi connectivity index (χ1n) is 7.82. The molecule has 0 aromatic rings. The number of likely N-dealkylation sites (tertiary alicyclic amines) is 1. The van der Waals surface area contributed by atoms with E-state index in [9.17, 15) is 15.0 Å². The Hall–Kier alpha value is -0.490. The summed E-state index contributed by atoms with van der Waals surface area (Å²) in [6, 6.07) is 0. The highest BCUT2D eigenvalue weighted by atomic mass is 16.3. The van der Waals surface area contributed by atoms with Crippen LogP contribution in [0.3, 0.4) is 0 Å². The van der Waals surface area contributed by atoms with Crippen LogP contribution in [0.2, 0.25) is 0 Å². The van der Waals surface area contributed by atoms with E-state index in [1.807, 2.05) is 11.8 Å². The van der Waals surface area contributed by atoms with Gasteiger partial charge in [0.05, 0.1) is 6.54 Å². The van der Waals surface area contributed by atoms with E-state index in [1.165, 1.54) is 0 Å². The summed E-state index contributed by atoms with van der Waals surface area (Å²) in [5, 5.41) is 23.0. The number of Topliss-reactive ketones (excluding diaryl/α,β-unsaturated/α-hetero) is 1. The topological polar surface area (TPSA) is 72.8 Å². The second kappa shape index (κ2) is 6.98. The Bertz CT molecular complexity index is 329. The number of nitrogens with zero attached hydrogens (tertiary/aromatic N) is 1. The van der Waals surface area contributed by atoms with Crippen LogP contribution in [0.1, 0.15) is 39.0 Å². The predicted octanol–water partition coefficient (Wildman–Crippen LogP) is 0.560. The molecule has 0 radical (unpaired) electrons. The van der Waals surface area contributed by atoms with E-state index in [2.05, 4.69) is 5.32 Å². The number of rotatable bonds is 5. The van der Waals surface area contributed by atoms with Crippen molar-refractivity contribution >= 4 is 5.78 Å². The van der Waals surface area contributed by atoms with Crippen LogP contribution in [0.5, 0.6) is 0 Å². The second-order valence-corrected chi connectivity index (χ2v) is 6.52. The fourth-order valence-corrected chi connectivity index (χ4v) is 3.61. The Morgan fingerprint density at radius 3 is 2.40 bits per heavy atom. The third kappa shape index (κ3) is 3.58. The maximum atomic E-state index is 11.8. The molecule has 5 nitrogen and oxygen atoms in total. The van der Waals surface area contributed by atoms with Crippen molar-refractivity contribution in [1.82, 2.24) is 10.2 Å². The minimum absolute atomic E-state index is 0.138. The molecule has 0 bridgehead atoms. The van der Waals surface area contributed by atoms with Crippen LogP contribution in [-0.4, -0.2) is 53.5 Å². The van der Waals surface area contributed by atoms with Gasteiger partial charge in [0.15, 0.2) is 0 Å². The predicted molar refractivity (Wildman–Crippen MR) is 76.9 cm³/mol. The van der Waals surface area contributed by atoms with Gasteiger partial charge < -0.3 is 15.5 Å². The monoisotopic (exact) mass is 284 g/mol. The van der Waals surface area contributed by atoms with E-state index in [1.54, 1.807) is 7.05 Å². The van der Waals surface area contributed by atoms with E-state index in [-0.39, 0.29) is 11.8 Å². The Morgan fingerprint density at radius 1 is 1.25 bits per heavy atom. The third-order valence-corrected chi connectivity index (χ3v) is 4.94. The van der Waals surface area contributed by atoms with Crippen molar-refractivity contribution in [3.05, 3.63) is 0 Å². The lowest BCUT2D eigenvalue weighted by atomic mass is 9.79. The van der Waals surface area contributed by atoms with Crippen molar-refractivity contribution in [2.24, 2.45) is 17.8 Å². The van der Waals surface area contributed by atoms with Gasteiger partial charge in [0.1, 0.15) is 18.2 Å². The van der Waals surface area contributed by atoms with E-state index in [0.717, 1.165) is 32.2 Å². The summed E-state index contributed by atoms with van der Waals surface area (Å²) in [5.41, 5.74) is 0. The van der Waals surface area contributed by atoms with Crippen molar-refractivity contribution in [2.45, 2.75) is 51.5 Å². The van der Waals surface area contributed by atoms with E-state index < -0.39 is 12.5 Å². The molecule has 20 heavy (non-hydrogen) atoms. The summed E-state index contributed by atoms with van der Waals surface area (Å²) >= 11 is 0. The lowest BCUT2D eigenvalue weighted by Gasteiger charge is -2.33. The fraction of sp³-hybridized carbons (Fsp3) is 0.933. The molecule has 0 aromatic heterocycles. The van der Waals surface area contributed by atoms with Gasteiger partial charge in [-0.2, -0.15) is 0 Å². The van der Waals surface area contributed by atoms with Gasteiger partial charge in [0.25, 0.3) is 0 Å². The number of ketones is 1. The minimum atomic E-state index is -0.520. The number of aliphatic hydroxyl groups is 2. The molecule has 1 unspecified atom stereocenters. The maximum absolute atomic E-state index is 11.8. The molecule has 0 amide bonds. The van der Waals surface area contributed by atoms with Gasteiger partial charge in [-0.05, 0) is 51.0 Å². The molecule has 3 atom stereocenters. The van der Waals surface area contributed by atoms with Crippen LogP contribution in [-0.2, 0) is 4.79 Å². The summed E-state index contributed by atoms with van der Waals surface area (Å²) in [7, 11) is 1.81. The molecule has 2 rings (SSSR count). The number of carbonyl (C=O) groups is 1. The Morgan fingerprint density at radius 2 is 1.90 bits per heavy atom. The van der Waals surface area contributed by atoms with Gasteiger partial charge >= 0.3 is 0 Å². The number of nitrogens with one attached hydrogen (secondary N) is 1. The van der Waals surface area contributed by atoms with Gasteiger partial charge in [-0.25, -0.2) is 0 Å². The molecular weight excluding hydrogens is 256 g/mol. The average molecular weight is 284 g/mol. The van der Waals surface area contributed by atoms with E-state index >= 15 is 0 Å². The largest absolute Gasteiger partial charge is 0.378 e. The number of likely N-dealkylation sites (N-methyl/N-ethyl adjacent to an activating group) is 1. The normalized spacial score (nSPS) is 39.1. The van der Waals surface area contributed by atoms with Crippen molar-refractivity contribution in [3.63, 3.8) is 0 Å². The van der Waals surface area contributed by atoms with Gasteiger partial charge in [0.2, 0.25) is 0 Å². The zero-order valence-corrected chi connectivity index (χ0v) is 12.6. The molecule has 116 valence electrons. The first-order chi connectivity index (χ1) is 9.52. The van der Waals surface area contributed by atoms with Crippen molar-refractivity contribution < 1.29 is 15.0 Å². The summed E-state index contributed by atoms with van der Waals surface area (Å²) in [4.78, 5) is 13.7. The second-order valence-electron chi connectivity index (χ2n) is 6.52. The molecule has 1 aliphatic heterocycles.